The van der Waals surface area contributed by atoms with E-state index in [1.165, 1.54) is 0 Å². The summed E-state index contributed by atoms with van der Waals surface area (Å²) >= 11 is 3.41. The predicted octanol–water partition coefficient (Wildman–Crippen LogP) is 2.79. The van der Waals surface area contributed by atoms with E-state index < -0.39 is 11.8 Å². The van der Waals surface area contributed by atoms with Gasteiger partial charge in [-0.05, 0) is 43.9 Å². The number of nitrogens with one attached hydrogen (secondary N) is 1. The SMILES string of the molecule is CC(C)NC(=O)[C@H](C#N)C(=O)[C@@H]1C[C@@H]1c1cccc(Br)c1. The summed E-state index contributed by atoms with van der Waals surface area (Å²) < 4.78 is 0.965. The molecule has 0 spiro atoms. The number of carbonyl (C=O) groups excluding carboxylic acids is 2. The Bertz CT molecular complexity index is 607. The van der Waals surface area contributed by atoms with Gasteiger partial charge in [0.15, 0.2) is 11.7 Å². The molecule has 0 bridgehead atoms. The summed E-state index contributed by atoms with van der Waals surface area (Å²) in [6.45, 7) is 3.61. The van der Waals surface area contributed by atoms with Gasteiger partial charge in [0.05, 0.1) is 6.07 Å². The van der Waals surface area contributed by atoms with Crippen LogP contribution in [0.4, 0.5) is 0 Å². The number of nitrogens with zero attached hydrogens (tertiary/aromatic N) is 1. The highest BCUT2D eigenvalue weighted by atomic mass is 79.9. The topological polar surface area (TPSA) is 70.0 Å². The van der Waals surface area contributed by atoms with Gasteiger partial charge in [-0.1, -0.05) is 28.1 Å². The maximum absolute atomic E-state index is 12.3. The second-order valence-corrected chi connectivity index (χ2v) is 6.55. The maximum atomic E-state index is 12.3. The molecule has 0 heterocycles. The van der Waals surface area contributed by atoms with Crippen molar-refractivity contribution in [3.05, 3.63) is 34.3 Å². The normalized spacial score (nSPS) is 21.5. The second-order valence-electron chi connectivity index (χ2n) is 5.63. The van der Waals surface area contributed by atoms with Crippen LogP contribution in [0.1, 0.15) is 31.7 Å². The van der Waals surface area contributed by atoms with Crippen LogP contribution < -0.4 is 5.32 Å². The van der Waals surface area contributed by atoms with E-state index in [0.717, 1.165) is 10.0 Å². The minimum absolute atomic E-state index is 0.0822. The lowest BCUT2D eigenvalue weighted by Crippen LogP contribution is -2.39. The number of hydrogen-bond acceptors (Lipinski definition) is 3. The number of Topliss-reactive ketones (excluding diaryl/α,β-unsaturated/α-hetero) is 1. The first-order chi connectivity index (χ1) is 9.93. The summed E-state index contributed by atoms with van der Waals surface area (Å²) in [5.41, 5.74) is 1.07. The quantitative estimate of drug-likeness (QED) is 0.831. The van der Waals surface area contributed by atoms with Crippen LogP contribution in [-0.4, -0.2) is 17.7 Å². The number of rotatable bonds is 5. The molecule has 1 amide bonds. The molecule has 0 aromatic heterocycles. The molecule has 5 heteroatoms. The summed E-state index contributed by atoms with van der Waals surface area (Å²) in [6.07, 6.45) is 0.711. The van der Waals surface area contributed by atoms with Gasteiger partial charge >= 0.3 is 0 Å². The Morgan fingerprint density at radius 1 is 1.43 bits per heavy atom. The Balaban J connectivity index is 2.05. The van der Waals surface area contributed by atoms with Crippen LogP contribution in [0.15, 0.2) is 28.7 Å². The Morgan fingerprint density at radius 3 is 2.71 bits per heavy atom. The number of carbonyl (C=O) groups is 2. The van der Waals surface area contributed by atoms with Crippen LogP contribution in [-0.2, 0) is 9.59 Å². The molecule has 1 fully saturated rings. The number of nitriles is 1. The Labute approximate surface area is 132 Å². The molecule has 1 N–H and O–H groups in total. The first-order valence-electron chi connectivity index (χ1n) is 6.93. The molecular weight excluding hydrogens is 332 g/mol. The average molecular weight is 349 g/mol. The van der Waals surface area contributed by atoms with Crippen molar-refractivity contribution in [3.63, 3.8) is 0 Å². The molecule has 0 unspecified atom stereocenters. The Morgan fingerprint density at radius 2 is 2.14 bits per heavy atom. The fourth-order valence-corrected chi connectivity index (χ4v) is 2.87. The van der Waals surface area contributed by atoms with Gasteiger partial charge in [0.25, 0.3) is 0 Å². The molecule has 0 aliphatic heterocycles. The van der Waals surface area contributed by atoms with E-state index in [1.807, 2.05) is 30.3 Å². The third-order valence-corrected chi connectivity index (χ3v) is 4.03. The highest BCUT2D eigenvalue weighted by Crippen LogP contribution is 2.49. The summed E-state index contributed by atoms with van der Waals surface area (Å²) in [5, 5.41) is 11.7. The van der Waals surface area contributed by atoms with E-state index in [4.69, 9.17) is 5.26 Å². The van der Waals surface area contributed by atoms with E-state index in [0.29, 0.717) is 6.42 Å². The molecule has 1 saturated carbocycles. The van der Waals surface area contributed by atoms with E-state index in [9.17, 15) is 9.59 Å². The van der Waals surface area contributed by atoms with Crippen molar-refractivity contribution in [2.45, 2.75) is 32.2 Å². The van der Waals surface area contributed by atoms with Crippen molar-refractivity contribution in [1.29, 1.82) is 5.26 Å². The maximum Gasteiger partial charge on any atom is 0.245 e. The predicted molar refractivity (Wildman–Crippen MR) is 82.4 cm³/mol. The fourth-order valence-electron chi connectivity index (χ4n) is 2.45. The van der Waals surface area contributed by atoms with Gasteiger partial charge in [0.1, 0.15) is 0 Å². The highest BCUT2D eigenvalue weighted by Gasteiger charge is 2.47. The minimum Gasteiger partial charge on any atom is -0.352 e. The van der Waals surface area contributed by atoms with Gasteiger partial charge in [0.2, 0.25) is 5.91 Å². The zero-order valence-electron chi connectivity index (χ0n) is 12.0. The first kappa shape index (κ1) is 15.7. The largest absolute Gasteiger partial charge is 0.352 e. The Kier molecular flexibility index (Phi) is 4.79. The summed E-state index contributed by atoms with van der Waals surface area (Å²) in [5.74, 6) is -2.05. The number of hydrogen-bond donors (Lipinski definition) is 1. The lowest BCUT2D eigenvalue weighted by molar-refractivity contribution is -0.132. The molecule has 0 saturated heterocycles. The summed E-state index contributed by atoms with van der Waals surface area (Å²) in [7, 11) is 0. The van der Waals surface area contributed by atoms with Gasteiger partial charge in [0, 0.05) is 16.4 Å². The average Bonchev–Trinajstić information content (AvgIpc) is 3.18. The number of ketones is 1. The monoisotopic (exact) mass is 348 g/mol. The fraction of sp³-hybridized carbons (Fsp3) is 0.438. The summed E-state index contributed by atoms with van der Waals surface area (Å²) in [4.78, 5) is 24.2. The first-order valence-corrected chi connectivity index (χ1v) is 7.72. The third kappa shape index (κ3) is 3.70. The van der Waals surface area contributed by atoms with Gasteiger partial charge < -0.3 is 5.32 Å². The molecule has 21 heavy (non-hydrogen) atoms. The minimum atomic E-state index is -1.20. The molecule has 3 atom stereocenters. The van der Waals surface area contributed by atoms with Crippen molar-refractivity contribution in [3.8, 4) is 6.07 Å². The van der Waals surface area contributed by atoms with Crippen molar-refractivity contribution in [1.82, 2.24) is 5.32 Å². The van der Waals surface area contributed by atoms with Gasteiger partial charge in [-0.25, -0.2) is 0 Å². The van der Waals surface area contributed by atoms with Crippen molar-refractivity contribution >= 4 is 27.6 Å². The molecule has 1 aromatic carbocycles. The second kappa shape index (κ2) is 6.40. The highest BCUT2D eigenvalue weighted by molar-refractivity contribution is 9.10. The molecule has 2 rings (SSSR count). The van der Waals surface area contributed by atoms with Crippen LogP contribution in [0.5, 0.6) is 0 Å². The number of benzene rings is 1. The Hall–Kier alpha value is -1.67. The van der Waals surface area contributed by atoms with Gasteiger partial charge in [-0.3, -0.25) is 9.59 Å². The third-order valence-electron chi connectivity index (χ3n) is 3.54. The van der Waals surface area contributed by atoms with Crippen molar-refractivity contribution in [2.75, 3.05) is 0 Å². The number of halogens is 1. The summed E-state index contributed by atoms with van der Waals surface area (Å²) in [6, 6.07) is 9.56. The van der Waals surface area contributed by atoms with Crippen LogP contribution in [0, 0.1) is 23.2 Å². The molecule has 0 radical (unpaired) electrons. The standard InChI is InChI=1S/C16H17BrN2O2/c1-9(2)19-16(21)14(8-18)15(20)13-7-12(13)10-4-3-5-11(17)6-10/h3-6,9,12-14H,7H2,1-2H3,(H,19,21)/t12-,13-,14-/m1/s1. The van der Waals surface area contributed by atoms with Crippen LogP contribution in [0.2, 0.25) is 0 Å². The van der Waals surface area contributed by atoms with E-state index in [1.54, 1.807) is 13.8 Å². The van der Waals surface area contributed by atoms with Crippen LogP contribution in [0.3, 0.4) is 0 Å². The molecular formula is C16H17BrN2O2. The van der Waals surface area contributed by atoms with Gasteiger partial charge in [-0.15, -0.1) is 0 Å². The van der Waals surface area contributed by atoms with Crippen LogP contribution in [0.25, 0.3) is 0 Å². The zero-order chi connectivity index (χ0) is 15.6. The molecule has 4 nitrogen and oxygen atoms in total. The van der Waals surface area contributed by atoms with E-state index in [-0.39, 0.29) is 23.7 Å². The lowest BCUT2D eigenvalue weighted by Gasteiger charge is -2.12. The van der Waals surface area contributed by atoms with Crippen molar-refractivity contribution < 1.29 is 9.59 Å². The number of amides is 1. The van der Waals surface area contributed by atoms with E-state index in [2.05, 4.69) is 21.2 Å². The zero-order valence-corrected chi connectivity index (χ0v) is 13.6. The van der Waals surface area contributed by atoms with Crippen LogP contribution >= 0.6 is 15.9 Å². The van der Waals surface area contributed by atoms with Gasteiger partial charge in [-0.2, -0.15) is 5.26 Å². The molecule has 110 valence electrons. The molecule has 1 aromatic rings. The lowest BCUT2D eigenvalue weighted by atomic mass is 9.98. The van der Waals surface area contributed by atoms with E-state index >= 15 is 0 Å². The molecule has 1 aliphatic carbocycles. The van der Waals surface area contributed by atoms with Crippen molar-refractivity contribution in [2.24, 2.45) is 11.8 Å². The molecule has 1 aliphatic rings. The smallest absolute Gasteiger partial charge is 0.245 e.